The third-order valence-corrected chi connectivity index (χ3v) is 29.5. The van der Waals surface area contributed by atoms with E-state index in [1.54, 1.807) is 0 Å². The number of ether oxygens (including phenoxy) is 2. The van der Waals surface area contributed by atoms with E-state index in [0.29, 0.717) is 23.8 Å². The first-order chi connectivity index (χ1) is 27.0. The number of benzene rings is 7. The molecule has 0 fully saturated rings. The first-order valence-corrected chi connectivity index (χ1v) is 27.2. The van der Waals surface area contributed by atoms with Crippen LogP contribution in [-0.2, 0) is 21.9 Å². The van der Waals surface area contributed by atoms with Crippen LogP contribution >= 0.6 is 41.6 Å². The van der Waals surface area contributed by atoms with Crippen LogP contribution in [0.15, 0.2) is 194 Å². The maximum absolute atomic E-state index is 11.8. The van der Waals surface area contributed by atoms with E-state index in [1.807, 2.05) is 24.3 Å². The van der Waals surface area contributed by atoms with Crippen LogP contribution in [0.25, 0.3) is 0 Å². The molecule has 0 bridgehead atoms. The van der Waals surface area contributed by atoms with Gasteiger partial charge in [-0.3, -0.25) is 0 Å². The molecule has 282 valence electrons. The summed E-state index contributed by atoms with van der Waals surface area (Å²) >= 11 is 9.22. The Kier molecular flexibility index (Phi) is 11.3. The van der Waals surface area contributed by atoms with Gasteiger partial charge in [0.05, 0.1) is 0 Å². The Morgan fingerprint density at radius 1 is 0.375 bits per heavy atom. The van der Waals surface area contributed by atoms with Crippen LogP contribution in [0.5, 0.6) is 11.5 Å². The number of halogens is 2. The fourth-order valence-electron chi connectivity index (χ4n) is 7.82. The number of hydrogen-bond acceptors (Lipinski definition) is 4. The molecule has 7 aromatic rings. The van der Waals surface area contributed by atoms with Crippen molar-refractivity contribution in [1.82, 2.24) is 0 Å². The van der Waals surface area contributed by atoms with Gasteiger partial charge in [-0.05, 0) is 0 Å². The van der Waals surface area contributed by atoms with E-state index in [0.717, 1.165) is 10.6 Å². The minimum atomic E-state index is -3.38. The molecule has 0 amide bonds. The molecule has 0 saturated heterocycles. The summed E-state index contributed by atoms with van der Waals surface area (Å²) in [6, 6.07) is 67.8. The molecule has 4 nitrogen and oxygen atoms in total. The van der Waals surface area contributed by atoms with Crippen LogP contribution in [0, 0.1) is 0 Å². The first-order valence-electron chi connectivity index (χ1n) is 18.4. The van der Waals surface area contributed by atoms with Crippen molar-refractivity contribution in [1.29, 1.82) is 0 Å². The Hall–Kier alpha value is -4.70. The van der Waals surface area contributed by atoms with Crippen LogP contribution < -0.4 is 41.3 Å². The monoisotopic (exact) mass is 902 g/mol. The summed E-state index contributed by atoms with van der Waals surface area (Å²) in [5.74, 6) is 0.323. The van der Waals surface area contributed by atoms with Gasteiger partial charge in [-0.1, -0.05) is 0 Å². The number of hydrogen-bond donors (Lipinski definition) is 0. The number of carbonyl (C=O) groups excluding carboxylic acids is 2. The molecule has 0 saturated carbocycles. The summed E-state index contributed by atoms with van der Waals surface area (Å²) in [5, 5.41) is 0.300. The summed E-state index contributed by atoms with van der Waals surface area (Å²) in [4.78, 5) is 23.7. The van der Waals surface area contributed by atoms with Gasteiger partial charge in [0.15, 0.2) is 0 Å². The number of carbonyl (C=O) groups is 2. The Morgan fingerprint density at radius 2 is 0.607 bits per heavy atom. The molecular weight excluding hydrogens is 862 g/mol. The van der Waals surface area contributed by atoms with Gasteiger partial charge in [0, 0.05) is 0 Å². The van der Waals surface area contributed by atoms with Crippen LogP contribution in [-0.4, -0.2) is 11.9 Å². The molecular formula is C48H42Br2O4P2. The molecule has 7 aromatic carbocycles. The molecule has 8 heteroatoms. The second-order valence-electron chi connectivity index (χ2n) is 14.0. The molecule has 0 aliphatic heterocycles. The molecule has 0 unspecified atom stereocenters. The van der Waals surface area contributed by atoms with Gasteiger partial charge in [-0.15, -0.1) is 0 Å². The summed E-state index contributed by atoms with van der Waals surface area (Å²) in [5.41, 5.74) is 2.36. The van der Waals surface area contributed by atoms with E-state index in [1.165, 1.54) is 46.2 Å². The van der Waals surface area contributed by atoms with Gasteiger partial charge in [0.2, 0.25) is 0 Å². The number of esters is 2. The first kappa shape index (κ1) is 39.5. The normalized spacial score (nSPS) is 13.0. The zero-order valence-electron chi connectivity index (χ0n) is 31.2. The second kappa shape index (κ2) is 16.0. The Bertz CT molecular complexity index is 2190. The molecule has 0 heterocycles. The molecule has 0 aromatic heterocycles. The zero-order valence-corrected chi connectivity index (χ0v) is 36.1. The second-order valence-corrected chi connectivity index (χ2v) is 31.9. The van der Waals surface area contributed by atoms with Gasteiger partial charge >= 0.3 is 347 Å². The van der Waals surface area contributed by atoms with Crippen molar-refractivity contribution in [3.05, 3.63) is 205 Å². The van der Waals surface area contributed by atoms with Crippen molar-refractivity contribution in [2.45, 2.75) is 26.2 Å². The quantitative estimate of drug-likeness (QED) is 0.0697. The molecule has 0 aliphatic carbocycles. The molecule has 56 heavy (non-hydrogen) atoms. The number of rotatable bonds is 12. The van der Waals surface area contributed by atoms with E-state index < -0.39 is 10.6 Å². The van der Waals surface area contributed by atoms with Crippen molar-refractivity contribution in [3.8, 4) is 11.5 Å². The Balaban J connectivity index is 1.37. The maximum atomic E-state index is 11.8. The zero-order chi connectivity index (χ0) is 39.3. The van der Waals surface area contributed by atoms with Gasteiger partial charge in [-0.2, -0.15) is 0 Å². The molecule has 0 spiro atoms. The van der Waals surface area contributed by atoms with Gasteiger partial charge in [0.25, 0.3) is 0 Å². The standard InChI is InChI=1S/C48H42Br2O4P2/c1-37(51)53-41-27-31-47(32-28-41)55(49,43-15-7-3-8-16-43,44-17-9-4-10-18-44)35-39-23-25-40(26-24-39)36-56(50,45-19-11-5-12-20-45,46-21-13-6-14-22-46)48-33-29-42(30-34-48)54-38(2)52/h3-34H,35-36H2,1-2H3. The third kappa shape index (κ3) is 7.33. The van der Waals surface area contributed by atoms with Crippen molar-refractivity contribution < 1.29 is 19.1 Å². The molecule has 7 rings (SSSR count). The van der Waals surface area contributed by atoms with Gasteiger partial charge in [0.1, 0.15) is 0 Å². The van der Waals surface area contributed by atoms with Crippen LogP contribution in [0.3, 0.4) is 0 Å². The van der Waals surface area contributed by atoms with E-state index >= 15 is 0 Å². The molecule has 0 aliphatic rings. The van der Waals surface area contributed by atoms with E-state index in [9.17, 15) is 9.59 Å². The van der Waals surface area contributed by atoms with Gasteiger partial charge < -0.3 is 0 Å². The van der Waals surface area contributed by atoms with Crippen LogP contribution in [0.4, 0.5) is 0 Å². The fourth-order valence-corrected chi connectivity index (χ4v) is 23.2. The van der Waals surface area contributed by atoms with E-state index in [2.05, 4.69) is 201 Å². The predicted octanol–water partition coefficient (Wildman–Crippen LogP) is 10.2. The van der Waals surface area contributed by atoms with Crippen molar-refractivity contribution in [2.24, 2.45) is 0 Å². The Morgan fingerprint density at radius 3 is 0.839 bits per heavy atom. The summed E-state index contributed by atoms with van der Waals surface area (Å²) in [7, 11) is 0. The summed E-state index contributed by atoms with van der Waals surface area (Å²) < 4.78 is 10.9. The third-order valence-electron chi connectivity index (χ3n) is 10.4. The average Bonchev–Trinajstić information content (AvgIpc) is 3.23. The SMILES string of the molecule is CC(=O)Oc1ccc(P(Br)(Cc2ccc(CP(Br)(c3ccccc3)(c3ccccc3)c3ccc(OC(C)=O)cc3)cc2)(c2ccccc2)c2ccccc2)cc1. The van der Waals surface area contributed by atoms with Crippen LogP contribution in [0.2, 0.25) is 0 Å². The van der Waals surface area contributed by atoms with E-state index in [4.69, 9.17) is 9.47 Å². The van der Waals surface area contributed by atoms with Crippen molar-refractivity contribution in [2.75, 3.05) is 0 Å². The van der Waals surface area contributed by atoms with E-state index in [-0.39, 0.29) is 11.9 Å². The van der Waals surface area contributed by atoms with Gasteiger partial charge in [-0.25, -0.2) is 0 Å². The minimum absolute atomic E-state index is 0.351. The fraction of sp³-hybridized carbons (Fsp3) is 0.0833. The summed E-state index contributed by atoms with van der Waals surface area (Å²) in [6.45, 7) is 2.84. The van der Waals surface area contributed by atoms with Crippen LogP contribution in [0.1, 0.15) is 25.0 Å². The average molecular weight is 905 g/mol. The summed E-state index contributed by atoms with van der Waals surface area (Å²) in [6.07, 6.45) is 1.42. The molecule has 0 N–H and O–H groups in total. The molecule has 0 radical (unpaired) electrons. The topological polar surface area (TPSA) is 52.6 Å². The Labute approximate surface area is 345 Å². The molecule has 0 atom stereocenters. The predicted molar refractivity (Wildman–Crippen MR) is 245 cm³/mol. The van der Waals surface area contributed by atoms with Crippen molar-refractivity contribution in [3.63, 3.8) is 0 Å². The van der Waals surface area contributed by atoms with Crippen molar-refractivity contribution >= 4 is 85.4 Å².